The number of halogens is 4. The topological polar surface area (TPSA) is 92.5 Å². The van der Waals surface area contributed by atoms with Crippen LogP contribution in [0.5, 0.6) is 0 Å². The number of nitrogens with one attached hydrogen (secondary N) is 1. The molecule has 3 aromatic rings. The van der Waals surface area contributed by atoms with Crippen LogP contribution in [0.3, 0.4) is 0 Å². The molecule has 2 aromatic heterocycles. The Labute approximate surface area is 199 Å². The Kier molecular flexibility index (Phi) is 4.87. The van der Waals surface area contributed by atoms with Gasteiger partial charge in [-0.25, -0.2) is 9.37 Å². The van der Waals surface area contributed by atoms with Crippen LogP contribution in [-0.4, -0.2) is 27.9 Å². The van der Waals surface area contributed by atoms with Crippen LogP contribution in [0.4, 0.5) is 23.2 Å². The zero-order valence-electron chi connectivity index (χ0n) is 19.1. The van der Waals surface area contributed by atoms with Crippen molar-refractivity contribution in [3.63, 3.8) is 0 Å². The van der Waals surface area contributed by atoms with E-state index in [2.05, 4.69) is 16.4 Å². The number of fused-ring (bicyclic) bond motifs is 2. The van der Waals surface area contributed by atoms with Gasteiger partial charge in [-0.15, -0.1) is 0 Å². The lowest BCUT2D eigenvalue weighted by Gasteiger charge is -2.18. The van der Waals surface area contributed by atoms with Crippen LogP contribution in [0, 0.1) is 35.9 Å². The van der Waals surface area contributed by atoms with E-state index in [1.54, 1.807) is 4.68 Å². The van der Waals surface area contributed by atoms with Crippen molar-refractivity contribution in [1.29, 1.82) is 5.26 Å². The number of anilines is 1. The van der Waals surface area contributed by atoms with Crippen LogP contribution in [-0.2, 0) is 12.6 Å². The molecule has 3 atom stereocenters. The fraction of sp³-hybridized carbons (Fsp3) is 0.480. The molecule has 35 heavy (non-hydrogen) atoms. The van der Waals surface area contributed by atoms with Crippen molar-refractivity contribution in [2.24, 2.45) is 11.8 Å². The van der Waals surface area contributed by atoms with Crippen molar-refractivity contribution in [3.05, 3.63) is 40.5 Å². The number of aromatic nitrogens is 3. The van der Waals surface area contributed by atoms with E-state index in [4.69, 9.17) is 10.8 Å². The summed E-state index contributed by atoms with van der Waals surface area (Å²) in [6, 6.07) is 4.46. The maximum atomic E-state index is 16.3. The molecule has 6 rings (SSSR count). The minimum atomic E-state index is -4.72. The van der Waals surface area contributed by atoms with E-state index < -0.39 is 17.6 Å². The van der Waals surface area contributed by atoms with Gasteiger partial charge in [-0.2, -0.15) is 23.5 Å². The van der Waals surface area contributed by atoms with Crippen LogP contribution in [0.1, 0.15) is 53.7 Å². The van der Waals surface area contributed by atoms with Gasteiger partial charge in [0.15, 0.2) is 5.82 Å². The van der Waals surface area contributed by atoms with E-state index in [0.29, 0.717) is 22.9 Å². The average molecular weight is 485 g/mol. The van der Waals surface area contributed by atoms with Gasteiger partial charge >= 0.3 is 6.18 Å². The predicted octanol–water partition coefficient (Wildman–Crippen LogP) is 4.87. The summed E-state index contributed by atoms with van der Waals surface area (Å²) in [5.74, 6) is 0.194. The molecule has 3 heterocycles. The molecule has 1 unspecified atom stereocenters. The van der Waals surface area contributed by atoms with E-state index in [-0.39, 0.29) is 52.8 Å². The van der Waals surface area contributed by atoms with Crippen molar-refractivity contribution < 1.29 is 17.6 Å². The Bertz CT molecular complexity index is 1390. The third-order valence-corrected chi connectivity index (χ3v) is 7.56. The highest BCUT2D eigenvalue weighted by atomic mass is 19.4. The number of rotatable bonds is 5. The molecule has 10 heteroatoms. The molecule has 182 valence electrons. The van der Waals surface area contributed by atoms with Crippen LogP contribution in [0.25, 0.3) is 22.2 Å². The Hall–Kier alpha value is -3.19. The third kappa shape index (κ3) is 3.47. The highest BCUT2D eigenvalue weighted by molar-refractivity contribution is 5.90. The van der Waals surface area contributed by atoms with Gasteiger partial charge in [-0.05, 0) is 62.4 Å². The number of nitrogen functional groups attached to an aromatic ring is 1. The molecule has 1 saturated heterocycles. The largest absolute Gasteiger partial charge is 0.417 e. The first-order valence-corrected chi connectivity index (χ1v) is 11.9. The van der Waals surface area contributed by atoms with Crippen molar-refractivity contribution in [2.45, 2.75) is 50.7 Å². The van der Waals surface area contributed by atoms with Crippen molar-refractivity contribution in [3.8, 4) is 17.3 Å². The van der Waals surface area contributed by atoms with Crippen LogP contribution >= 0.6 is 0 Å². The predicted molar refractivity (Wildman–Crippen MR) is 122 cm³/mol. The van der Waals surface area contributed by atoms with Crippen molar-refractivity contribution >= 4 is 16.6 Å². The first kappa shape index (κ1) is 22.3. The second kappa shape index (κ2) is 7.65. The summed E-state index contributed by atoms with van der Waals surface area (Å²) in [7, 11) is 0. The number of piperidine rings is 1. The molecule has 1 aliphatic heterocycles. The molecular weight excluding hydrogens is 460 g/mol. The number of hydrogen-bond acceptors (Lipinski definition) is 5. The molecule has 1 aromatic carbocycles. The molecule has 0 spiro atoms. The molecule has 0 radical (unpaired) electrons. The Morgan fingerprint density at radius 1 is 1.23 bits per heavy atom. The zero-order chi connectivity index (χ0) is 24.6. The summed E-state index contributed by atoms with van der Waals surface area (Å²) in [6.45, 7) is 3.04. The number of nitriles is 1. The minimum absolute atomic E-state index is 0.0150. The number of aryl methyl sites for hydroxylation is 2. The standard InChI is InChI=1S/C25H24F4N6/c1-11-7-12(31)8-14(20(11)25(27,28)29)22-21(26)24-19(17(33-22)3-2-6-30)23(34-35(24)13-4-5-13)18-15-9-32-10-16(15)18/h7-8,13,15-16,18,32H,2-5,9-10,31H2,1H3/t15-,16+,18?. The van der Waals surface area contributed by atoms with Gasteiger partial charge in [0.2, 0.25) is 0 Å². The van der Waals surface area contributed by atoms with Gasteiger partial charge in [-0.3, -0.25) is 4.68 Å². The van der Waals surface area contributed by atoms with Gasteiger partial charge in [0, 0.05) is 35.4 Å². The molecule has 2 saturated carbocycles. The number of hydrogen-bond donors (Lipinski definition) is 2. The van der Waals surface area contributed by atoms with E-state index in [0.717, 1.165) is 37.7 Å². The molecule has 3 fully saturated rings. The Morgan fingerprint density at radius 3 is 2.57 bits per heavy atom. The number of nitrogens with two attached hydrogens (primary N) is 1. The maximum absolute atomic E-state index is 16.3. The van der Waals surface area contributed by atoms with E-state index >= 15 is 4.39 Å². The first-order chi connectivity index (χ1) is 16.7. The molecule has 0 bridgehead atoms. The van der Waals surface area contributed by atoms with E-state index in [1.807, 2.05) is 0 Å². The lowest BCUT2D eigenvalue weighted by molar-refractivity contribution is -0.137. The molecular formula is C25H24F4N6. The zero-order valence-corrected chi connectivity index (χ0v) is 19.1. The number of pyridine rings is 1. The monoisotopic (exact) mass is 484 g/mol. The van der Waals surface area contributed by atoms with Crippen molar-refractivity contribution in [2.75, 3.05) is 18.8 Å². The van der Waals surface area contributed by atoms with Gasteiger partial charge in [-0.1, -0.05) is 0 Å². The summed E-state index contributed by atoms with van der Waals surface area (Å²) in [4.78, 5) is 4.47. The highest BCUT2D eigenvalue weighted by Gasteiger charge is 2.56. The van der Waals surface area contributed by atoms with E-state index in [9.17, 15) is 18.4 Å². The quantitative estimate of drug-likeness (QED) is 0.398. The highest BCUT2D eigenvalue weighted by Crippen LogP contribution is 2.58. The number of nitrogens with zero attached hydrogens (tertiary/aromatic N) is 4. The van der Waals surface area contributed by atoms with Gasteiger partial charge in [0.05, 0.1) is 29.1 Å². The summed E-state index contributed by atoms with van der Waals surface area (Å²) >= 11 is 0. The SMILES string of the molecule is Cc1cc(N)cc(-c2nc(CCC#N)c3c(C4[C@H]5CNC[C@@H]45)nn(C4CC4)c3c2F)c1C(F)(F)F. The van der Waals surface area contributed by atoms with E-state index in [1.165, 1.54) is 13.0 Å². The van der Waals surface area contributed by atoms with Gasteiger partial charge in [0.25, 0.3) is 0 Å². The molecule has 6 nitrogen and oxygen atoms in total. The second-order valence-electron chi connectivity index (χ2n) is 9.93. The normalized spacial score (nSPS) is 23.5. The Balaban J connectivity index is 1.65. The summed E-state index contributed by atoms with van der Waals surface area (Å²) in [6.07, 6.45) is -2.73. The summed E-state index contributed by atoms with van der Waals surface area (Å²) in [5, 5.41) is 18.0. The fourth-order valence-electron chi connectivity index (χ4n) is 5.85. The summed E-state index contributed by atoms with van der Waals surface area (Å²) in [5.41, 5.74) is 5.57. The van der Waals surface area contributed by atoms with Gasteiger partial charge < -0.3 is 11.1 Å². The Morgan fingerprint density at radius 2 is 1.94 bits per heavy atom. The number of benzene rings is 1. The molecule has 3 aliphatic rings. The third-order valence-electron chi connectivity index (χ3n) is 7.56. The molecule has 3 N–H and O–H groups in total. The number of alkyl halides is 3. The van der Waals surface area contributed by atoms with Crippen LogP contribution in [0.2, 0.25) is 0 Å². The van der Waals surface area contributed by atoms with Crippen LogP contribution in [0.15, 0.2) is 12.1 Å². The molecule has 0 amide bonds. The lowest BCUT2D eigenvalue weighted by Crippen LogP contribution is -2.14. The smallest absolute Gasteiger partial charge is 0.399 e. The van der Waals surface area contributed by atoms with Crippen LogP contribution < -0.4 is 11.1 Å². The maximum Gasteiger partial charge on any atom is 0.417 e. The van der Waals surface area contributed by atoms with Crippen molar-refractivity contribution in [1.82, 2.24) is 20.1 Å². The minimum Gasteiger partial charge on any atom is -0.399 e. The summed E-state index contributed by atoms with van der Waals surface area (Å²) < 4.78 is 60.2. The fourth-order valence-corrected chi connectivity index (χ4v) is 5.85. The average Bonchev–Trinajstić information content (AvgIpc) is 3.66. The lowest BCUT2D eigenvalue weighted by atomic mass is 9.95. The van der Waals surface area contributed by atoms with Gasteiger partial charge in [0.1, 0.15) is 11.2 Å². The first-order valence-electron chi connectivity index (χ1n) is 11.9. The molecule has 2 aliphatic carbocycles. The second-order valence-corrected chi connectivity index (χ2v) is 9.93.